The molecule has 2 aromatic carbocycles. The van der Waals surface area contributed by atoms with Crippen LogP contribution >= 0.6 is 46.3 Å². The van der Waals surface area contributed by atoms with Crippen LogP contribution < -0.4 is 10.5 Å². The number of thiophene rings is 1. The van der Waals surface area contributed by atoms with Crippen LogP contribution in [0.1, 0.15) is 29.9 Å². The van der Waals surface area contributed by atoms with Gasteiger partial charge in [-0.05, 0) is 49.2 Å². The van der Waals surface area contributed by atoms with Crippen LogP contribution in [0.25, 0.3) is 15.9 Å². The molecule has 4 aromatic rings. The first-order chi connectivity index (χ1) is 15.9. The minimum Gasteiger partial charge on any atom is -0.328 e. The molecule has 0 fully saturated rings. The van der Waals surface area contributed by atoms with Crippen LogP contribution in [0.15, 0.2) is 58.5 Å². The highest BCUT2D eigenvalue weighted by molar-refractivity contribution is 7.98. The summed E-state index contributed by atoms with van der Waals surface area (Å²) in [6.07, 6.45) is 0.921. The molecule has 0 saturated heterocycles. The number of para-hydroxylation sites is 1. The number of halogens is 2. The zero-order valence-corrected chi connectivity index (χ0v) is 21.5. The van der Waals surface area contributed by atoms with Gasteiger partial charge in [0.15, 0.2) is 5.16 Å². The number of benzene rings is 2. The van der Waals surface area contributed by atoms with Crippen LogP contribution in [-0.2, 0) is 18.7 Å². The molecule has 33 heavy (non-hydrogen) atoms. The van der Waals surface area contributed by atoms with Crippen molar-refractivity contribution in [2.45, 2.75) is 43.8 Å². The summed E-state index contributed by atoms with van der Waals surface area (Å²) < 4.78 is 1.76. The summed E-state index contributed by atoms with van der Waals surface area (Å²) in [5.74, 6) is 0.637. The van der Waals surface area contributed by atoms with Crippen molar-refractivity contribution in [3.05, 3.63) is 84.9 Å². The molecule has 0 spiro atoms. The number of fused-ring (bicyclic) bond motifs is 3. The number of quaternary nitrogens is 1. The normalized spacial score (nSPS) is 15.8. The summed E-state index contributed by atoms with van der Waals surface area (Å²) in [4.78, 5) is 22.6. The van der Waals surface area contributed by atoms with Crippen LogP contribution in [-0.4, -0.2) is 22.1 Å². The number of nitrogens with one attached hydrogen (secondary N) is 1. The average molecular weight is 518 g/mol. The Morgan fingerprint density at radius 1 is 1.15 bits per heavy atom. The summed E-state index contributed by atoms with van der Waals surface area (Å²) in [5, 5.41) is 2.55. The Balaban J connectivity index is 1.61. The molecule has 170 valence electrons. The number of hydrogen-bond donors (Lipinski definition) is 1. The maximum absolute atomic E-state index is 13.9. The summed E-state index contributed by atoms with van der Waals surface area (Å²) in [7, 11) is 0. The van der Waals surface area contributed by atoms with E-state index in [1.165, 1.54) is 10.4 Å². The SMILES string of the molecule is CC(C)[NH+]1CCc2c(sc3nc(SCc4ccc(Cl)c(Cl)c4)n(-c4ccccc4)c(=O)c23)C1. The highest BCUT2D eigenvalue weighted by atomic mass is 35.5. The number of rotatable bonds is 5. The highest BCUT2D eigenvalue weighted by Gasteiger charge is 2.28. The van der Waals surface area contributed by atoms with Crippen molar-refractivity contribution in [2.75, 3.05) is 6.54 Å². The fourth-order valence-electron chi connectivity index (χ4n) is 4.29. The monoisotopic (exact) mass is 516 g/mol. The van der Waals surface area contributed by atoms with E-state index >= 15 is 0 Å². The molecule has 3 heterocycles. The number of nitrogens with zero attached hydrogens (tertiary/aromatic N) is 2. The second kappa shape index (κ2) is 9.43. The summed E-state index contributed by atoms with van der Waals surface area (Å²) >= 11 is 15.5. The molecule has 1 unspecified atom stereocenters. The second-order valence-electron chi connectivity index (χ2n) is 8.58. The molecular weight excluding hydrogens is 493 g/mol. The summed E-state index contributed by atoms with van der Waals surface area (Å²) in [6.45, 7) is 6.53. The molecule has 0 saturated carbocycles. The minimum atomic E-state index is 0.0216. The van der Waals surface area contributed by atoms with Crippen LogP contribution in [0.2, 0.25) is 10.0 Å². The summed E-state index contributed by atoms with van der Waals surface area (Å²) in [5.41, 5.74) is 3.08. The molecule has 2 aromatic heterocycles. The van der Waals surface area contributed by atoms with Crippen molar-refractivity contribution >= 4 is 56.5 Å². The first-order valence-corrected chi connectivity index (χ1v) is 13.5. The molecule has 1 atom stereocenters. The van der Waals surface area contributed by atoms with E-state index in [0.717, 1.165) is 41.0 Å². The maximum atomic E-state index is 13.9. The molecule has 1 aliphatic rings. The first-order valence-electron chi connectivity index (χ1n) is 11.0. The standard InChI is InChI=1S/C25H23Cl2N3OS2/c1-15(2)29-11-10-18-21(13-29)33-23-22(18)24(31)30(17-6-4-3-5-7-17)25(28-23)32-14-16-8-9-19(26)20(27)12-16/h3-9,12,15H,10-11,13-14H2,1-2H3/p+1. The van der Waals surface area contributed by atoms with E-state index in [1.807, 2.05) is 42.5 Å². The lowest BCUT2D eigenvalue weighted by Gasteiger charge is -2.27. The Kier molecular flexibility index (Phi) is 6.56. The third kappa shape index (κ3) is 4.47. The van der Waals surface area contributed by atoms with Gasteiger partial charge in [-0.2, -0.15) is 0 Å². The second-order valence-corrected chi connectivity index (χ2v) is 11.4. The Morgan fingerprint density at radius 3 is 2.67 bits per heavy atom. The lowest BCUT2D eigenvalue weighted by atomic mass is 10.0. The Hall–Kier alpha value is -1.83. The van der Waals surface area contributed by atoms with Crippen molar-refractivity contribution in [3.63, 3.8) is 0 Å². The molecule has 0 radical (unpaired) electrons. The maximum Gasteiger partial charge on any atom is 0.267 e. The van der Waals surface area contributed by atoms with Gasteiger partial charge in [0.1, 0.15) is 11.4 Å². The minimum absolute atomic E-state index is 0.0216. The van der Waals surface area contributed by atoms with Crippen LogP contribution in [0, 0.1) is 0 Å². The van der Waals surface area contributed by atoms with Gasteiger partial charge in [-0.25, -0.2) is 4.98 Å². The van der Waals surface area contributed by atoms with Gasteiger partial charge in [0.05, 0.1) is 38.6 Å². The molecule has 0 bridgehead atoms. The molecule has 0 aliphatic carbocycles. The number of aromatic nitrogens is 2. The van der Waals surface area contributed by atoms with Crippen molar-refractivity contribution in [3.8, 4) is 5.69 Å². The Morgan fingerprint density at radius 2 is 1.94 bits per heavy atom. The molecule has 1 N–H and O–H groups in total. The van der Waals surface area contributed by atoms with Gasteiger partial charge in [0.2, 0.25) is 0 Å². The van der Waals surface area contributed by atoms with Gasteiger partial charge in [-0.1, -0.05) is 59.2 Å². The van der Waals surface area contributed by atoms with E-state index in [1.54, 1.807) is 38.6 Å². The van der Waals surface area contributed by atoms with E-state index in [-0.39, 0.29) is 5.56 Å². The smallest absolute Gasteiger partial charge is 0.267 e. The molecule has 8 heteroatoms. The molecule has 5 rings (SSSR count). The number of hydrogen-bond acceptors (Lipinski definition) is 4. The predicted octanol–water partition coefficient (Wildman–Crippen LogP) is 5.40. The van der Waals surface area contributed by atoms with Gasteiger partial charge in [0.25, 0.3) is 5.56 Å². The lowest BCUT2D eigenvalue weighted by molar-refractivity contribution is -0.936. The molecule has 0 amide bonds. The Bertz CT molecular complexity index is 1380. The van der Waals surface area contributed by atoms with Crippen LogP contribution in [0.4, 0.5) is 0 Å². The van der Waals surface area contributed by atoms with Crippen molar-refractivity contribution in [2.24, 2.45) is 0 Å². The van der Waals surface area contributed by atoms with Gasteiger partial charge in [-0.15, -0.1) is 11.3 Å². The highest BCUT2D eigenvalue weighted by Crippen LogP contribution is 2.33. The molecule has 4 nitrogen and oxygen atoms in total. The van der Waals surface area contributed by atoms with Crippen molar-refractivity contribution < 1.29 is 4.90 Å². The van der Waals surface area contributed by atoms with E-state index in [4.69, 9.17) is 28.2 Å². The van der Waals surface area contributed by atoms with Gasteiger partial charge in [-0.3, -0.25) is 9.36 Å². The van der Waals surface area contributed by atoms with Gasteiger partial charge in [0, 0.05) is 12.2 Å². The van der Waals surface area contributed by atoms with E-state index in [2.05, 4.69) is 13.8 Å². The predicted molar refractivity (Wildman–Crippen MR) is 140 cm³/mol. The van der Waals surface area contributed by atoms with Crippen LogP contribution in [0.5, 0.6) is 0 Å². The Labute approximate surface area is 211 Å². The van der Waals surface area contributed by atoms with E-state index in [0.29, 0.717) is 27.0 Å². The fraction of sp³-hybridized carbons (Fsp3) is 0.280. The molecular formula is C25H24Cl2N3OS2+. The average Bonchev–Trinajstić information content (AvgIpc) is 3.18. The zero-order valence-electron chi connectivity index (χ0n) is 18.4. The van der Waals surface area contributed by atoms with E-state index < -0.39 is 0 Å². The zero-order chi connectivity index (χ0) is 23.1. The topological polar surface area (TPSA) is 39.3 Å². The van der Waals surface area contributed by atoms with E-state index in [9.17, 15) is 4.79 Å². The van der Waals surface area contributed by atoms with Crippen molar-refractivity contribution in [1.29, 1.82) is 0 Å². The largest absolute Gasteiger partial charge is 0.328 e. The third-order valence-corrected chi connectivity index (χ3v) is 9.02. The fourth-order valence-corrected chi connectivity index (χ4v) is 6.88. The van der Waals surface area contributed by atoms with Gasteiger partial charge >= 0.3 is 0 Å². The third-order valence-electron chi connectivity index (χ3n) is 6.14. The molecule has 1 aliphatic heterocycles. The first kappa shape index (κ1) is 22.9. The van der Waals surface area contributed by atoms with Crippen LogP contribution in [0.3, 0.4) is 0 Å². The number of thioether (sulfide) groups is 1. The lowest BCUT2D eigenvalue weighted by Crippen LogP contribution is -3.14. The summed E-state index contributed by atoms with van der Waals surface area (Å²) in [6, 6.07) is 16.0. The quantitative estimate of drug-likeness (QED) is 0.285. The van der Waals surface area contributed by atoms with Gasteiger partial charge < -0.3 is 4.90 Å². The van der Waals surface area contributed by atoms with Crippen molar-refractivity contribution in [1.82, 2.24) is 9.55 Å².